The Labute approximate surface area is 60.0 Å². The Hall–Kier alpha value is -0.830. The maximum absolute atomic E-state index is 4.30. The van der Waals surface area contributed by atoms with Crippen molar-refractivity contribution in [3.63, 3.8) is 0 Å². The summed E-state index contributed by atoms with van der Waals surface area (Å²) in [6.07, 6.45) is 2.08. The Morgan fingerprint density at radius 3 is 3.30 bits per heavy atom. The quantitative estimate of drug-likeness (QED) is 0.567. The topological polar surface area (TPSA) is 29.9 Å². The number of nitrogens with zero attached hydrogens (tertiary/aromatic N) is 2. The van der Waals surface area contributed by atoms with E-state index in [1.807, 2.05) is 11.7 Å². The van der Waals surface area contributed by atoms with Crippen molar-refractivity contribution in [3.05, 3.63) is 17.5 Å². The molecule has 1 aliphatic rings. The summed E-state index contributed by atoms with van der Waals surface area (Å²) in [5.41, 5.74) is 2.55. The summed E-state index contributed by atoms with van der Waals surface area (Å²) in [5, 5.41) is 7.61. The standard InChI is InChI=1S/C7H11N3/c1-5-6-4-10(2)9-7(6)3-8-5/h4-5,8H,3H2,1-2H3. The van der Waals surface area contributed by atoms with Crippen LogP contribution < -0.4 is 5.32 Å². The molecule has 0 spiro atoms. The molecule has 0 aliphatic carbocycles. The number of nitrogens with one attached hydrogen (secondary N) is 1. The molecule has 10 heavy (non-hydrogen) atoms. The van der Waals surface area contributed by atoms with Crippen LogP contribution in [0.15, 0.2) is 6.20 Å². The van der Waals surface area contributed by atoms with E-state index < -0.39 is 0 Å². The van der Waals surface area contributed by atoms with E-state index in [0.29, 0.717) is 6.04 Å². The summed E-state index contributed by atoms with van der Waals surface area (Å²) < 4.78 is 1.88. The Balaban J connectivity index is 2.49. The SMILES string of the molecule is CC1NCc2nn(C)cc21. The molecule has 1 N–H and O–H groups in total. The molecule has 2 rings (SSSR count). The van der Waals surface area contributed by atoms with E-state index >= 15 is 0 Å². The lowest BCUT2D eigenvalue weighted by Gasteiger charge is -1.99. The third-order valence-corrected chi connectivity index (χ3v) is 1.98. The van der Waals surface area contributed by atoms with Gasteiger partial charge in [-0.15, -0.1) is 0 Å². The lowest BCUT2D eigenvalue weighted by Crippen LogP contribution is -2.09. The number of hydrogen-bond donors (Lipinski definition) is 1. The molecule has 0 radical (unpaired) electrons. The van der Waals surface area contributed by atoms with Gasteiger partial charge in [0.05, 0.1) is 5.69 Å². The highest BCUT2D eigenvalue weighted by Crippen LogP contribution is 2.22. The van der Waals surface area contributed by atoms with Crippen LogP contribution in [0, 0.1) is 0 Å². The molecule has 0 amide bonds. The monoisotopic (exact) mass is 137 g/mol. The molecule has 3 nitrogen and oxygen atoms in total. The molecule has 2 heterocycles. The molecule has 1 aliphatic heterocycles. The number of fused-ring (bicyclic) bond motifs is 1. The lowest BCUT2D eigenvalue weighted by molar-refractivity contribution is 0.609. The Morgan fingerprint density at radius 1 is 1.80 bits per heavy atom. The van der Waals surface area contributed by atoms with Gasteiger partial charge in [-0.25, -0.2) is 0 Å². The highest BCUT2D eigenvalue weighted by atomic mass is 15.3. The van der Waals surface area contributed by atoms with Crippen molar-refractivity contribution in [1.82, 2.24) is 15.1 Å². The van der Waals surface area contributed by atoms with Gasteiger partial charge in [0.2, 0.25) is 0 Å². The molecule has 1 unspecified atom stereocenters. The van der Waals surface area contributed by atoms with Crippen LogP contribution in [0.3, 0.4) is 0 Å². The fourth-order valence-corrected chi connectivity index (χ4v) is 1.41. The molecule has 0 aromatic carbocycles. The van der Waals surface area contributed by atoms with E-state index in [2.05, 4.69) is 23.5 Å². The first kappa shape index (κ1) is 5.92. The predicted molar refractivity (Wildman–Crippen MR) is 38.5 cm³/mol. The number of aromatic nitrogens is 2. The van der Waals surface area contributed by atoms with Crippen molar-refractivity contribution in [1.29, 1.82) is 0 Å². The van der Waals surface area contributed by atoms with Gasteiger partial charge in [-0.1, -0.05) is 0 Å². The van der Waals surface area contributed by atoms with Crippen LogP contribution in [-0.2, 0) is 13.6 Å². The zero-order chi connectivity index (χ0) is 7.14. The Bertz CT molecular complexity index is 251. The Kier molecular flexibility index (Phi) is 1.08. The lowest BCUT2D eigenvalue weighted by atomic mass is 10.2. The minimum absolute atomic E-state index is 0.490. The molecule has 1 atom stereocenters. The first-order valence-corrected chi connectivity index (χ1v) is 3.53. The molecule has 3 heteroatoms. The third kappa shape index (κ3) is 0.671. The first-order valence-electron chi connectivity index (χ1n) is 3.53. The summed E-state index contributed by atoms with van der Waals surface area (Å²) in [4.78, 5) is 0. The van der Waals surface area contributed by atoms with Crippen LogP contribution >= 0.6 is 0 Å². The van der Waals surface area contributed by atoms with Crippen molar-refractivity contribution >= 4 is 0 Å². The normalized spacial score (nSPS) is 23.2. The molecule has 1 aromatic heterocycles. The van der Waals surface area contributed by atoms with E-state index in [-0.39, 0.29) is 0 Å². The van der Waals surface area contributed by atoms with Crippen LogP contribution in [0.2, 0.25) is 0 Å². The van der Waals surface area contributed by atoms with Crippen LogP contribution in [0.1, 0.15) is 24.2 Å². The van der Waals surface area contributed by atoms with Gasteiger partial charge in [0.25, 0.3) is 0 Å². The number of hydrogen-bond acceptors (Lipinski definition) is 2. The highest BCUT2D eigenvalue weighted by molar-refractivity contribution is 5.24. The average Bonchev–Trinajstić information content (AvgIpc) is 2.35. The van der Waals surface area contributed by atoms with E-state index in [1.165, 1.54) is 11.3 Å². The fraction of sp³-hybridized carbons (Fsp3) is 0.571. The van der Waals surface area contributed by atoms with E-state index in [0.717, 1.165) is 6.54 Å². The molecule has 0 saturated carbocycles. The van der Waals surface area contributed by atoms with Gasteiger partial charge in [0.1, 0.15) is 0 Å². The van der Waals surface area contributed by atoms with Crippen molar-refractivity contribution in [2.75, 3.05) is 0 Å². The van der Waals surface area contributed by atoms with Gasteiger partial charge < -0.3 is 5.32 Å². The van der Waals surface area contributed by atoms with Crippen molar-refractivity contribution < 1.29 is 0 Å². The minimum Gasteiger partial charge on any atom is -0.304 e. The van der Waals surface area contributed by atoms with E-state index in [4.69, 9.17) is 0 Å². The van der Waals surface area contributed by atoms with Crippen molar-refractivity contribution in [3.8, 4) is 0 Å². The zero-order valence-corrected chi connectivity index (χ0v) is 6.26. The van der Waals surface area contributed by atoms with E-state index in [1.54, 1.807) is 0 Å². The number of rotatable bonds is 0. The molecule has 0 saturated heterocycles. The predicted octanol–water partition coefficient (Wildman–Crippen LogP) is 0.584. The summed E-state index contributed by atoms with van der Waals surface area (Å²) in [6.45, 7) is 3.09. The number of aryl methyl sites for hydroxylation is 1. The summed E-state index contributed by atoms with van der Waals surface area (Å²) >= 11 is 0. The molecule has 0 fully saturated rings. The first-order chi connectivity index (χ1) is 4.77. The summed E-state index contributed by atoms with van der Waals surface area (Å²) in [5.74, 6) is 0. The van der Waals surface area contributed by atoms with Crippen LogP contribution in [0.5, 0.6) is 0 Å². The maximum atomic E-state index is 4.30. The molecule has 0 bridgehead atoms. The zero-order valence-electron chi connectivity index (χ0n) is 6.26. The van der Waals surface area contributed by atoms with Crippen LogP contribution in [0.25, 0.3) is 0 Å². The van der Waals surface area contributed by atoms with Crippen LogP contribution in [0.4, 0.5) is 0 Å². The molecular formula is C7H11N3. The van der Waals surface area contributed by atoms with Gasteiger partial charge in [-0.2, -0.15) is 5.10 Å². The largest absolute Gasteiger partial charge is 0.304 e. The molecule has 54 valence electrons. The van der Waals surface area contributed by atoms with Crippen molar-refractivity contribution in [2.24, 2.45) is 7.05 Å². The van der Waals surface area contributed by atoms with Gasteiger partial charge in [0, 0.05) is 31.4 Å². The second-order valence-corrected chi connectivity index (χ2v) is 2.81. The second kappa shape index (κ2) is 1.83. The minimum atomic E-state index is 0.490. The third-order valence-electron chi connectivity index (χ3n) is 1.98. The van der Waals surface area contributed by atoms with E-state index in [9.17, 15) is 0 Å². The van der Waals surface area contributed by atoms with Crippen molar-refractivity contribution in [2.45, 2.75) is 19.5 Å². The van der Waals surface area contributed by atoms with Crippen LogP contribution in [-0.4, -0.2) is 9.78 Å². The highest BCUT2D eigenvalue weighted by Gasteiger charge is 2.20. The summed E-state index contributed by atoms with van der Waals surface area (Å²) in [6, 6.07) is 0.490. The second-order valence-electron chi connectivity index (χ2n) is 2.81. The van der Waals surface area contributed by atoms with Gasteiger partial charge in [0.15, 0.2) is 0 Å². The van der Waals surface area contributed by atoms with Gasteiger partial charge in [-0.05, 0) is 6.92 Å². The summed E-state index contributed by atoms with van der Waals surface area (Å²) in [7, 11) is 1.96. The average molecular weight is 137 g/mol. The smallest absolute Gasteiger partial charge is 0.0810 e. The van der Waals surface area contributed by atoms with Gasteiger partial charge >= 0.3 is 0 Å². The fourth-order valence-electron chi connectivity index (χ4n) is 1.41. The molecule has 1 aromatic rings. The molecular weight excluding hydrogens is 126 g/mol. The Morgan fingerprint density at radius 2 is 2.60 bits per heavy atom. The van der Waals surface area contributed by atoms with Gasteiger partial charge in [-0.3, -0.25) is 4.68 Å². The maximum Gasteiger partial charge on any atom is 0.0810 e.